The van der Waals surface area contributed by atoms with Gasteiger partial charge in [0, 0.05) is 42.3 Å². The Hall–Kier alpha value is -7.17. The van der Waals surface area contributed by atoms with Crippen LogP contribution in [0.3, 0.4) is 0 Å². The number of rotatable bonds is 3. The van der Waals surface area contributed by atoms with Crippen molar-refractivity contribution < 1.29 is 0 Å². The van der Waals surface area contributed by atoms with E-state index in [2.05, 4.69) is 116 Å². The number of aromatic nitrogens is 2. The van der Waals surface area contributed by atoms with Crippen LogP contribution >= 0.6 is 11.3 Å². The molecule has 51 heavy (non-hydrogen) atoms. The van der Waals surface area contributed by atoms with Crippen molar-refractivity contribution in [2.75, 3.05) is 0 Å². The maximum Gasteiger partial charge on any atom is 0.205 e. The molecule has 0 radical (unpaired) electrons. The zero-order valence-corrected chi connectivity index (χ0v) is 27.7. The number of hydrogen-bond acceptors (Lipinski definition) is 2. The van der Waals surface area contributed by atoms with Crippen molar-refractivity contribution >= 4 is 86.5 Å². The third-order valence-electron chi connectivity index (χ3n) is 9.94. The third-order valence-corrected chi connectivity index (χ3v) is 11.2. The number of thiophene rings is 1. The van der Waals surface area contributed by atoms with Crippen LogP contribution in [0.5, 0.6) is 0 Å². The lowest BCUT2D eigenvalue weighted by molar-refractivity contribution is 1.18. The monoisotopic (exact) mass is 665 g/mol. The first-order chi connectivity index (χ1) is 25.2. The van der Waals surface area contributed by atoms with E-state index >= 15 is 0 Å². The van der Waals surface area contributed by atoms with Crippen LogP contribution < -0.4 is 0 Å². The minimum atomic E-state index is 0.607. The standard InChI is InChI=1S/C45H23N5S/c1-47-37-17-9-16-34-42-43-36(25-38(48-2)45(42)51-44(34)37)33-15-4-6-19-40(33)50(43)31-13-8-11-29(24-31)28-10-7-12-30(23-28)49-39-18-5-3-14-32(39)35-22-27(26-46)20-21-41(35)49/h3-25H. The third kappa shape index (κ3) is 4.11. The van der Waals surface area contributed by atoms with E-state index in [4.69, 9.17) is 13.1 Å². The molecule has 0 fully saturated rings. The van der Waals surface area contributed by atoms with Gasteiger partial charge in [0.2, 0.25) is 11.4 Å². The molecule has 0 aliphatic heterocycles. The molecule has 0 amide bonds. The molecular formula is C45H23N5S. The summed E-state index contributed by atoms with van der Waals surface area (Å²) in [5, 5.41) is 15.9. The minimum absolute atomic E-state index is 0.607. The molecule has 5 nitrogen and oxygen atoms in total. The number of hydrogen-bond donors (Lipinski definition) is 0. The summed E-state index contributed by atoms with van der Waals surface area (Å²) < 4.78 is 6.42. The van der Waals surface area contributed by atoms with Gasteiger partial charge in [-0.1, -0.05) is 78.9 Å². The molecule has 234 valence electrons. The summed E-state index contributed by atoms with van der Waals surface area (Å²) >= 11 is 1.54. The average molecular weight is 666 g/mol. The number of benzene rings is 7. The van der Waals surface area contributed by atoms with Crippen molar-refractivity contribution in [1.29, 1.82) is 5.26 Å². The topological polar surface area (TPSA) is 42.4 Å². The minimum Gasteiger partial charge on any atom is -0.309 e. The Kier molecular flexibility index (Phi) is 6.17. The fraction of sp³-hybridized carbons (Fsp3) is 0. The molecule has 0 saturated heterocycles. The molecule has 0 aliphatic carbocycles. The van der Waals surface area contributed by atoms with Crippen LogP contribution in [0, 0.1) is 24.5 Å². The van der Waals surface area contributed by atoms with Crippen LogP contribution in [-0.2, 0) is 0 Å². The second kappa shape index (κ2) is 10.9. The maximum absolute atomic E-state index is 9.62. The summed E-state index contributed by atoms with van der Waals surface area (Å²) in [5.74, 6) is 0. The molecule has 6 heteroatoms. The number of nitriles is 1. The van der Waals surface area contributed by atoms with Crippen molar-refractivity contribution in [3.05, 3.63) is 168 Å². The number of nitrogens with zero attached hydrogens (tertiary/aromatic N) is 5. The Labute approximate surface area is 296 Å². The van der Waals surface area contributed by atoms with Gasteiger partial charge in [0.05, 0.1) is 46.8 Å². The van der Waals surface area contributed by atoms with E-state index in [0.717, 1.165) is 86.3 Å². The summed E-state index contributed by atoms with van der Waals surface area (Å²) in [6.45, 7) is 15.9. The van der Waals surface area contributed by atoms with Crippen molar-refractivity contribution in [3.63, 3.8) is 0 Å². The molecule has 10 rings (SSSR count). The molecule has 3 heterocycles. The summed E-state index contributed by atoms with van der Waals surface area (Å²) in [6, 6.07) is 50.1. The normalized spacial score (nSPS) is 11.5. The lowest BCUT2D eigenvalue weighted by Gasteiger charge is -2.13. The highest BCUT2D eigenvalue weighted by Crippen LogP contribution is 2.49. The predicted molar refractivity (Wildman–Crippen MR) is 211 cm³/mol. The Morgan fingerprint density at radius 2 is 1.12 bits per heavy atom. The molecule has 0 saturated carbocycles. The Morgan fingerprint density at radius 3 is 1.82 bits per heavy atom. The van der Waals surface area contributed by atoms with Crippen LogP contribution in [0.1, 0.15) is 5.56 Å². The highest BCUT2D eigenvalue weighted by Gasteiger charge is 2.22. The van der Waals surface area contributed by atoms with Gasteiger partial charge in [-0.2, -0.15) is 16.6 Å². The van der Waals surface area contributed by atoms with Gasteiger partial charge in [-0.05, 0) is 82.6 Å². The number of fused-ring (bicyclic) bond motifs is 10. The second-order valence-corrected chi connectivity index (χ2v) is 13.6. The zero-order chi connectivity index (χ0) is 34.2. The fourth-order valence-electron chi connectivity index (χ4n) is 7.79. The van der Waals surface area contributed by atoms with E-state index in [9.17, 15) is 5.26 Å². The fourth-order valence-corrected chi connectivity index (χ4v) is 9.01. The molecule has 0 atom stereocenters. The SMILES string of the molecule is [C-]#[N+]c1cccc2c1sc1c([N+]#[C-])cc3c4ccccc4n(-c4cccc(-c5cccc(-n6c7ccccc7c7cc(C#N)ccc76)c5)c4)c3c12. The number of para-hydroxylation sites is 2. The van der Waals surface area contributed by atoms with Crippen LogP contribution in [-0.4, -0.2) is 9.13 Å². The first-order valence-electron chi connectivity index (χ1n) is 16.5. The first-order valence-corrected chi connectivity index (χ1v) is 17.3. The van der Waals surface area contributed by atoms with E-state index in [-0.39, 0.29) is 0 Å². The van der Waals surface area contributed by atoms with Gasteiger partial charge < -0.3 is 9.13 Å². The summed E-state index contributed by atoms with van der Waals surface area (Å²) in [4.78, 5) is 7.80. The highest BCUT2D eigenvalue weighted by molar-refractivity contribution is 7.27. The Morgan fingerprint density at radius 1 is 0.510 bits per heavy atom. The first kappa shape index (κ1) is 28.8. The van der Waals surface area contributed by atoms with E-state index in [1.165, 1.54) is 11.3 Å². The lowest BCUT2D eigenvalue weighted by atomic mass is 10.0. The maximum atomic E-state index is 9.62. The summed E-state index contributed by atoms with van der Waals surface area (Å²) in [5.41, 5.74) is 10.3. The van der Waals surface area contributed by atoms with Gasteiger partial charge in [0.1, 0.15) is 0 Å². The Bertz CT molecular complexity index is 3240. The molecule has 0 spiro atoms. The van der Waals surface area contributed by atoms with Gasteiger partial charge in [-0.3, -0.25) is 0 Å². The largest absolute Gasteiger partial charge is 0.309 e. The van der Waals surface area contributed by atoms with Crippen molar-refractivity contribution in [2.45, 2.75) is 0 Å². The molecular weight excluding hydrogens is 643 g/mol. The zero-order valence-electron chi connectivity index (χ0n) is 26.9. The van der Waals surface area contributed by atoms with E-state index in [1.807, 2.05) is 48.5 Å². The van der Waals surface area contributed by atoms with E-state index in [0.29, 0.717) is 16.9 Å². The van der Waals surface area contributed by atoms with Crippen LogP contribution in [0.25, 0.3) is 96.0 Å². The molecule has 7 aromatic carbocycles. The van der Waals surface area contributed by atoms with Gasteiger partial charge in [0.25, 0.3) is 0 Å². The van der Waals surface area contributed by atoms with Crippen LogP contribution in [0.15, 0.2) is 140 Å². The molecule has 0 N–H and O–H groups in total. The molecule has 0 bridgehead atoms. The van der Waals surface area contributed by atoms with E-state index < -0.39 is 0 Å². The smallest absolute Gasteiger partial charge is 0.205 e. The molecule has 10 aromatic rings. The predicted octanol–water partition coefficient (Wildman–Crippen LogP) is 12.9. The van der Waals surface area contributed by atoms with Crippen LogP contribution in [0.4, 0.5) is 11.4 Å². The lowest BCUT2D eigenvalue weighted by Crippen LogP contribution is -1.96. The molecule has 0 aliphatic rings. The molecule has 0 unspecified atom stereocenters. The summed E-state index contributed by atoms with van der Waals surface area (Å²) in [7, 11) is 0. The highest BCUT2D eigenvalue weighted by atomic mass is 32.1. The summed E-state index contributed by atoms with van der Waals surface area (Å²) in [6.07, 6.45) is 0. The second-order valence-electron chi connectivity index (χ2n) is 12.6. The quantitative estimate of drug-likeness (QED) is 0.173. The average Bonchev–Trinajstić information content (AvgIpc) is 3.85. The Balaban J connectivity index is 1.22. The van der Waals surface area contributed by atoms with E-state index in [1.54, 1.807) is 0 Å². The van der Waals surface area contributed by atoms with Crippen molar-refractivity contribution in [1.82, 2.24) is 9.13 Å². The molecule has 3 aromatic heterocycles. The van der Waals surface area contributed by atoms with Crippen molar-refractivity contribution in [3.8, 4) is 28.6 Å². The van der Waals surface area contributed by atoms with Gasteiger partial charge in [-0.25, -0.2) is 9.69 Å². The van der Waals surface area contributed by atoms with Crippen molar-refractivity contribution in [2.24, 2.45) is 0 Å². The van der Waals surface area contributed by atoms with Gasteiger partial charge in [-0.15, -0.1) is 0 Å². The van der Waals surface area contributed by atoms with Gasteiger partial charge >= 0.3 is 0 Å². The van der Waals surface area contributed by atoms with Gasteiger partial charge in [0.15, 0.2) is 0 Å². The van der Waals surface area contributed by atoms with Crippen LogP contribution in [0.2, 0.25) is 0 Å².